The largest absolute Gasteiger partial charge is 0.493 e. The number of hydrogen-bond acceptors (Lipinski definition) is 7. The quantitative estimate of drug-likeness (QED) is 0.131. The van der Waals surface area contributed by atoms with Gasteiger partial charge in [0.15, 0.2) is 16.7 Å². The number of carbonyl (C=O) groups excluding carboxylic acids is 1. The number of nitrogens with zero attached hydrogens (tertiary/aromatic N) is 3. The molecular weight excluding hydrogens is 586 g/mol. The van der Waals surface area contributed by atoms with Crippen LogP contribution in [0.5, 0.6) is 11.5 Å². The lowest BCUT2D eigenvalue weighted by molar-refractivity contribution is -0.121. The first kappa shape index (κ1) is 31.9. The van der Waals surface area contributed by atoms with Crippen LogP contribution >= 0.6 is 11.8 Å². The zero-order chi connectivity index (χ0) is 31.1. The first-order valence-corrected chi connectivity index (χ1v) is 16.3. The van der Waals surface area contributed by atoms with Crippen molar-refractivity contribution in [2.75, 3.05) is 26.5 Å². The van der Waals surface area contributed by atoms with Crippen LogP contribution in [0.25, 0.3) is 11.3 Å². The second-order valence-electron chi connectivity index (χ2n) is 11.8. The van der Waals surface area contributed by atoms with Gasteiger partial charge < -0.3 is 19.4 Å². The predicted molar refractivity (Wildman–Crippen MR) is 166 cm³/mol. The SMILES string of the molecule is COc1ccc(Cn2cc(-c3cc(C(F)F)nc(SCCCC(=O)NCC4CC5CCCC(C5)C4)n3)ccc2=O)cc1OC. The maximum atomic E-state index is 13.8. The molecule has 3 aromatic rings. The molecule has 2 aliphatic rings. The Bertz CT molecular complexity index is 1490. The van der Waals surface area contributed by atoms with Crippen molar-refractivity contribution in [3.8, 4) is 22.8 Å². The molecular formula is C33H40F2N4O4S. The molecule has 0 aliphatic heterocycles. The molecule has 2 heterocycles. The molecule has 2 fully saturated rings. The zero-order valence-corrected chi connectivity index (χ0v) is 26.1. The number of nitrogens with one attached hydrogen (secondary N) is 1. The summed E-state index contributed by atoms with van der Waals surface area (Å²) in [6, 6.07) is 9.59. The van der Waals surface area contributed by atoms with Crippen molar-refractivity contribution in [2.24, 2.45) is 17.8 Å². The van der Waals surface area contributed by atoms with Crippen LogP contribution in [0.4, 0.5) is 8.78 Å². The van der Waals surface area contributed by atoms with Gasteiger partial charge in [0, 0.05) is 36.5 Å². The summed E-state index contributed by atoms with van der Waals surface area (Å²) in [5.74, 6) is 3.90. The monoisotopic (exact) mass is 626 g/mol. The fraction of sp³-hybridized carbons (Fsp3) is 0.515. The van der Waals surface area contributed by atoms with Crippen molar-refractivity contribution < 1.29 is 23.0 Å². The number of carbonyl (C=O) groups is 1. The van der Waals surface area contributed by atoms with Crippen LogP contribution in [0.3, 0.4) is 0 Å². The molecule has 2 bridgehead atoms. The molecule has 44 heavy (non-hydrogen) atoms. The van der Waals surface area contributed by atoms with Crippen LogP contribution in [-0.2, 0) is 11.3 Å². The topological polar surface area (TPSA) is 95.3 Å². The summed E-state index contributed by atoms with van der Waals surface area (Å²) < 4.78 is 39.7. The number of alkyl halides is 2. The van der Waals surface area contributed by atoms with Crippen LogP contribution in [-0.4, -0.2) is 47.0 Å². The number of benzene rings is 1. The third kappa shape index (κ3) is 8.37. The van der Waals surface area contributed by atoms with E-state index in [2.05, 4.69) is 15.3 Å². The maximum absolute atomic E-state index is 13.8. The van der Waals surface area contributed by atoms with Gasteiger partial charge in [0.1, 0.15) is 5.69 Å². The van der Waals surface area contributed by atoms with E-state index in [1.807, 2.05) is 6.07 Å². The van der Waals surface area contributed by atoms with E-state index in [0.29, 0.717) is 47.3 Å². The highest BCUT2D eigenvalue weighted by Crippen LogP contribution is 2.42. The van der Waals surface area contributed by atoms with Gasteiger partial charge in [-0.1, -0.05) is 37.1 Å². The smallest absolute Gasteiger partial charge is 0.280 e. The van der Waals surface area contributed by atoms with E-state index in [1.165, 1.54) is 74.1 Å². The molecule has 1 amide bonds. The Morgan fingerprint density at radius 2 is 1.82 bits per heavy atom. The van der Waals surface area contributed by atoms with Gasteiger partial charge in [-0.05, 0) is 73.3 Å². The van der Waals surface area contributed by atoms with Gasteiger partial charge in [0.25, 0.3) is 12.0 Å². The minimum atomic E-state index is -2.78. The third-order valence-corrected chi connectivity index (χ3v) is 9.55. The van der Waals surface area contributed by atoms with Gasteiger partial charge in [0.2, 0.25) is 5.91 Å². The van der Waals surface area contributed by atoms with E-state index < -0.39 is 6.43 Å². The molecule has 0 spiro atoms. The van der Waals surface area contributed by atoms with Gasteiger partial charge in [-0.15, -0.1) is 0 Å². The molecule has 1 N–H and O–H groups in total. The van der Waals surface area contributed by atoms with E-state index in [9.17, 15) is 18.4 Å². The van der Waals surface area contributed by atoms with E-state index in [0.717, 1.165) is 23.9 Å². The van der Waals surface area contributed by atoms with Crippen LogP contribution in [0.2, 0.25) is 0 Å². The Balaban J connectivity index is 1.19. The number of aromatic nitrogens is 3. The maximum Gasteiger partial charge on any atom is 0.280 e. The van der Waals surface area contributed by atoms with E-state index in [4.69, 9.17) is 9.47 Å². The van der Waals surface area contributed by atoms with Crippen LogP contribution < -0.4 is 20.3 Å². The average molecular weight is 627 g/mol. The summed E-state index contributed by atoms with van der Waals surface area (Å²) in [4.78, 5) is 33.7. The van der Waals surface area contributed by atoms with Crippen molar-refractivity contribution >= 4 is 17.7 Å². The fourth-order valence-electron chi connectivity index (χ4n) is 6.53. The van der Waals surface area contributed by atoms with Gasteiger partial charge >= 0.3 is 0 Å². The first-order valence-electron chi connectivity index (χ1n) is 15.3. The first-order chi connectivity index (χ1) is 21.3. The Hall–Kier alpha value is -3.47. The number of amides is 1. The number of hydrogen-bond donors (Lipinski definition) is 1. The Labute approximate surface area is 261 Å². The van der Waals surface area contributed by atoms with E-state index >= 15 is 0 Å². The lowest BCUT2D eigenvalue weighted by atomic mass is 9.68. The Morgan fingerprint density at radius 3 is 2.55 bits per heavy atom. The summed E-state index contributed by atoms with van der Waals surface area (Å²) >= 11 is 1.25. The highest BCUT2D eigenvalue weighted by Gasteiger charge is 2.31. The van der Waals surface area contributed by atoms with Gasteiger partial charge in [-0.2, -0.15) is 0 Å². The van der Waals surface area contributed by atoms with Crippen molar-refractivity contribution in [3.05, 3.63) is 64.2 Å². The lowest BCUT2D eigenvalue weighted by Crippen LogP contribution is -2.35. The molecule has 0 radical (unpaired) electrons. The number of ether oxygens (including phenoxy) is 2. The highest BCUT2D eigenvalue weighted by molar-refractivity contribution is 7.99. The van der Waals surface area contributed by atoms with Crippen molar-refractivity contribution in [1.82, 2.24) is 19.9 Å². The molecule has 236 valence electrons. The zero-order valence-electron chi connectivity index (χ0n) is 25.3. The summed E-state index contributed by atoms with van der Waals surface area (Å²) in [7, 11) is 3.09. The molecule has 2 atom stereocenters. The molecule has 2 saturated carbocycles. The summed E-state index contributed by atoms with van der Waals surface area (Å²) in [6.07, 6.45) is 7.60. The predicted octanol–water partition coefficient (Wildman–Crippen LogP) is 6.51. The minimum absolute atomic E-state index is 0.0287. The molecule has 2 unspecified atom stereocenters. The van der Waals surface area contributed by atoms with Crippen molar-refractivity contribution in [3.63, 3.8) is 0 Å². The average Bonchev–Trinajstić information content (AvgIpc) is 3.02. The molecule has 2 aromatic heterocycles. The molecule has 8 nitrogen and oxygen atoms in total. The number of fused-ring (bicyclic) bond motifs is 2. The summed E-state index contributed by atoms with van der Waals surface area (Å²) in [5.41, 5.74) is 0.992. The number of methoxy groups -OCH3 is 2. The molecule has 1 aromatic carbocycles. The fourth-order valence-corrected chi connectivity index (χ4v) is 7.33. The van der Waals surface area contributed by atoms with Crippen molar-refractivity contribution in [1.29, 1.82) is 0 Å². The van der Waals surface area contributed by atoms with Crippen molar-refractivity contribution in [2.45, 2.75) is 69.5 Å². The Kier molecular flexibility index (Phi) is 10.9. The van der Waals surface area contributed by atoms with Crippen LogP contribution in [0, 0.1) is 17.8 Å². The van der Waals surface area contributed by atoms with E-state index in [-0.39, 0.29) is 28.9 Å². The third-order valence-electron chi connectivity index (χ3n) is 8.62. The van der Waals surface area contributed by atoms with Crippen LogP contribution in [0.1, 0.15) is 69.0 Å². The number of rotatable bonds is 13. The molecule has 5 rings (SSSR count). The number of halogens is 2. The summed E-state index contributed by atoms with van der Waals surface area (Å²) in [6.45, 7) is 0.988. The van der Waals surface area contributed by atoms with Crippen LogP contribution in [0.15, 0.2) is 52.5 Å². The van der Waals surface area contributed by atoms with Gasteiger partial charge in [-0.3, -0.25) is 9.59 Å². The minimum Gasteiger partial charge on any atom is -0.493 e. The highest BCUT2D eigenvalue weighted by atomic mass is 32.2. The van der Waals surface area contributed by atoms with Gasteiger partial charge in [0.05, 0.1) is 26.5 Å². The molecule has 2 aliphatic carbocycles. The standard InChI is InChI=1S/C33H40F2N4O4S/c1-42-28-10-8-23(16-29(28)43-2)19-39-20-25(9-11-31(39)41)26-17-27(32(34)35)38-33(37-26)44-12-4-7-30(40)36-18-24-14-21-5-3-6-22(13-21)15-24/h8-11,16-17,20-22,24,32H,3-7,12-15,18-19H2,1-2H3,(H,36,40). The lowest BCUT2D eigenvalue weighted by Gasteiger charge is -2.39. The number of pyridine rings is 1. The molecule has 0 saturated heterocycles. The second kappa shape index (κ2) is 15.0. The normalized spacial score (nSPS) is 19.5. The summed E-state index contributed by atoms with van der Waals surface area (Å²) in [5, 5.41) is 3.33. The van der Waals surface area contributed by atoms with E-state index in [1.54, 1.807) is 31.5 Å². The molecule has 11 heteroatoms. The Morgan fingerprint density at radius 1 is 1.05 bits per heavy atom. The van der Waals surface area contributed by atoms with Gasteiger partial charge in [-0.25, -0.2) is 18.7 Å². The second-order valence-corrected chi connectivity index (χ2v) is 12.9. The number of thioether (sulfide) groups is 1.